The molecule has 0 radical (unpaired) electrons. The number of amides is 1. The highest BCUT2D eigenvalue weighted by Gasteiger charge is 2.27. The summed E-state index contributed by atoms with van der Waals surface area (Å²) in [5.41, 5.74) is 0.440. The molecule has 6 heteroatoms. The molecule has 1 atom stereocenters. The number of anilines is 1. The fourth-order valence-electron chi connectivity index (χ4n) is 2.31. The minimum absolute atomic E-state index is 0.0700. The second-order valence-corrected chi connectivity index (χ2v) is 6.02. The normalized spacial score (nSPS) is 16.5. The predicted octanol–water partition coefficient (Wildman–Crippen LogP) is 4.05. The highest BCUT2D eigenvalue weighted by Crippen LogP contribution is 2.27. The molecular formula is C15H17Cl2NO3. The van der Waals surface area contributed by atoms with Gasteiger partial charge >= 0.3 is 5.97 Å². The molecule has 1 amide bonds. The highest BCUT2D eigenvalue weighted by atomic mass is 35.5. The van der Waals surface area contributed by atoms with E-state index in [0.717, 1.165) is 25.7 Å². The molecule has 0 aliphatic heterocycles. The van der Waals surface area contributed by atoms with Gasteiger partial charge in [0.15, 0.2) is 6.10 Å². The number of benzene rings is 1. The number of carbonyl (C=O) groups excluding carboxylic acids is 2. The average Bonchev–Trinajstić information content (AvgIpc) is 2.95. The molecule has 1 aromatic rings. The van der Waals surface area contributed by atoms with Crippen molar-refractivity contribution in [2.45, 2.75) is 38.7 Å². The van der Waals surface area contributed by atoms with E-state index in [0.29, 0.717) is 15.7 Å². The first-order chi connectivity index (χ1) is 9.97. The van der Waals surface area contributed by atoms with Crippen LogP contribution >= 0.6 is 23.2 Å². The number of rotatable bonds is 4. The van der Waals surface area contributed by atoms with Crippen molar-refractivity contribution < 1.29 is 14.3 Å². The van der Waals surface area contributed by atoms with Gasteiger partial charge in [0.2, 0.25) is 0 Å². The van der Waals surface area contributed by atoms with E-state index >= 15 is 0 Å². The standard InChI is InChI=1S/C15H17Cl2NO3/c1-9(21-15(20)10-4-2-3-5-10)14(19)18-13-7-6-11(16)8-12(13)17/h6-10H,2-5H2,1H3,(H,18,19)/t9-/m0/s1. The summed E-state index contributed by atoms with van der Waals surface area (Å²) in [6.07, 6.45) is 2.92. The minimum atomic E-state index is -0.857. The molecule has 0 bridgehead atoms. The first-order valence-electron chi connectivity index (χ1n) is 6.94. The number of esters is 1. The number of nitrogens with one attached hydrogen (secondary N) is 1. The van der Waals surface area contributed by atoms with E-state index in [-0.39, 0.29) is 11.9 Å². The minimum Gasteiger partial charge on any atom is -0.452 e. The van der Waals surface area contributed by atoms with E-state index in [4.69, 9.17) is 27.9 Å². The van der Waals surface area contributed by atoms with Crippen LogP contribution in [0.5, 0.6) is 0 Å². The number of halogens is 2. The summed E-state index contributed by atoms with van der Waals surface area (Å²) in [7, 11) is 0. The molecule has 21 heavy (non-hydrogen) atoms. The largest absolute Gasteiger partial charge is 0.452 e. The third-order valence-electron chi connectivity index (χ3n) is 3.54. The summed E-state index contributed by atoms with van der Waals surface area (Å²) in [4.78, 5) is 23.9. The zero-order valence-electron chi connectivity index (χ0n) is 11.7. The molecule has 0 aromatic heterocycles. The zero-order valence-corrected chi connectivity index (χ0v) is 13.2. The summed E-state index contributed by atoms with van der Waals surface area (Å²) in [5, 5.41) is 3.45. The van der Waals surface area contributed by atoms with Crippen LogP contribution in [-0.4, -0.2) is 18.0 Å². The Balaban J connectivity index is 1.91. The molecule has 1 aromatic carbocycles. The van der Waals surface area contributed by atoms with E-state index in [1.807, 2.05) is 0 Å². The van der Waals surface area contributed by atoms with Gasteiger partial charge in [0.25, 0.3) is 5.91 Å². The molecule has 1 aliphatic rings. The Labute approximate surface area is 133 Å². The second-order valence-electron chi connectivity index (χ2n) is 5.17. The maximum Gasteiger partial charge on any atom is 0.309 e. The Bertz CT molecular complexity index is 542. The van der Waals surface area contributed by atoms with E-state index in [1.54, 1.807) is 19.1 Å². The smallest absolute Gasteiger partial charge is 0.309 e. The first-order valence-corrected chi connectivity index (χ1v) is 7.69. The van der Waals surface area contributed by atoms with Crippen molar-refractivity contribution in [2.24, 2.45) is 5.92 Å². The predicted molar refractivity (Wildman–Crippen MR) is 82.6 cm³/mol. The fraction of sp³-hybridized carbons (Fsp3) is 0.467. The third kappa shape index (κ3) is 4.35. The molecule has 0 saturated heterocycles. The SMILES string of the molecule is C[C@H](OC(=O)C1CCCC1)C(=O)Nc1ccc(Cl)cc1Cl. The van der Waals surface area contributed by atoms with Gasteiger partial charge in [-0.1, -0.05) is 36.0 Å². The lowest BCUT2D eigenvalue weighted by molar-refractivity contribution is -0.157. The quantitative estimate of drug-likeness (QED) is 0.847. The van der Waals surface area contributed by atoms with Crippen molar-refractivity contribution in [3.8, 4) is 0 Å². The molecule has 1 fully saturated rings. The second kappa shape index (κ2) is 7.14. The Morgan fingerprint density at radius 1 is 1.29 bits per heavy atom. The van der Waals surface area contributed by atoms with Crippen LogP contribution in [0.25, 0.3) is 0 Å². The zero-order chi connectivity index (χ0) is 15.4. The van der Waals surface area contributed by atoms with Gasteiger partial charge in [0.1, 0.15) is 0 Å². The van der Waals surface area contributed by atoms with Gasteiger partial charge in [0, 0.05) is 5.02 Å². The first kappa shape index (κ1) is 16.1. The lowest BCUT2D eigenvalue weighted by Gasteiger charge is -2.16. The monoisotopic (exact) mass is 329 g/mol. The maximum absolute atomic E-state index is 12.0. The van der Waals surface area contributed by atoms with Crippen LogP contribution in [0.3, 0.4) is 0 Å². The molecule has 1 saturated carbocycles. The van der Waals surface area contributed by atoms with Gasteiger partial charge in [0.05, 0.1) is 16.6 Å². The van der Waals surface area contributed by atoms with Crippen LogP contribution in [0, 0.1) is 5.92 Å². The molecule has 4 nitrogen and oxygen atoms in total. The number of hydrogen-bond donors (Lipinski definition) is 1. The topological polar surface area (TPSA) is 55.4 Å². The van der Waals surface area contributed by atoms with Gasteiger partial charge in [-0.05, 0) is 38.0 Å². The van der Waals surface area contributed by atoms with Crippen LogP contribution in [0.1, 0.15) is 32.6 Å². The number of ether oxygens (including phenoxy) is 1. The van der Waals surface area contributed by atoms with Crippen LogP contribution in [0.15, 0.2) is 18.2 Å². The van der Waals surface area contributed by atoms with Crippen molar-refractivity contribution >= 4 is 40.8 Å². The van der Waals surface area contributed by atoms with E-state index in [9.17, 15) is 9.59 Å². The van der Waals surface area contributed by atoms with Gasteiger partial charge < -0.3 is 10.1 Å². The Hall–Kier alpha value is -1.26. The summed E-state index contributed by atoms with van der Waals surface area (Å²) in [6.45, 7) is 1.55. The molecule has 1 aliphatic carbocycles. The maximum atomic E-state index is 12.0. The molecule has 0 spiro atoms. The van der Waals surface area contributed by atoms with Crippen LogP contribution in [-0.2, 0) is 14.3 Å². The van der Waals surface area contributed by atoms with Crippen LogP contribution in [0.4, 0.5) is 5.69 Å². The van der Waals surface area contributed by atoms with Crippen LogP contribution in [0.2, 0.25) is 10.0 Å². The van der Waals surface area contributed by atoms with Crippen molar-refractivity contribution in [1.82, 2.24) is 0 Å². The molecule has 114 valence electrons. The molecule has 0 heterocycles. The number of hydrogen-bond acceptors (Lipinski definition) is 3. The van der Waals surface area contributed by atoms with Crippen molar-refractivity contribution in [3.63, 3.8) is 0 Å². The third-order valence-corrected chi connectivity index (χ3v) is 4.09. The van der Waals surface area contributed by atoms with Gasteiger partial charge in [-0.15, -0.1) is 0 Å². The summed E-state index contributed by atoms with van der Waals surface area (Å²) in [5.74, 6) is -0.776. The lowest BCUT2D eigenvalue weighted by Crippen LogP contribution is -2.31. The highest BCUT2D eigenvalue weighted by molar-refractivity contribution is 6.36. The summed E-state index contributed by atoms with van der Waals surface area (Å²) >= 11 is 11.8. The fourth-order valence-corrected chi connectivity index (χ4v) is 2.77. The van der Waals surface area contributed by atoms with Gasteiger partial charge in [-0.25, -0.2) is 0 Å². The van der Waals surface area contributed by atoms with E-state index < -0.39 is 12.0 Å². The lowest BCUT2D eigenvalue weighted by atomic mass is 10.1. The van der Waals surface area contributed by atoms with Gasteiger partial charge in [-0.2, -0.15) is 0 Å². The van der Waals surface area contributed by atoms with Crippen molar-refractivity contribution in [3.05, 3.63) is 28.2 Å². The molecular weight excluding hydrogens is 313 g/mol. The van der Waals surface area contributed by atoms with E-state index in [2.05, 4.69) is 5.32 Å². The summed E-state index contributed by atoms with van der Waals surface area (Å²) in [6, 6.07) is 4.76. The molecule has 1 N–H and O–H groups in total. The Morgan fingerprint density at radius 2 is 1.95 bits per heavy atom. The number of carbonyl (C=O) groups is 2. The Morgan fingerprint density at radius 3 is 2.57 bits per heavy atom. The summed E-state index contributed by atoms with van der Waals surface area (Å²) < 4.78 is 5.21. The van der Waals surface area contributed by atoms with Gasteiger partial charge in [-0.3, -0.25) is 9.59 Å². The van der Waals surface area contributed by atoms with Crippen molar-refractivity contribution in [1.29, 1.82) is 0 Å². The van der Waals surface area contributed by atoms with Crippen molar-refractivity contribution in [2.75, 3.05) is 5.32 Å². The molecule has 2 rings (SSSR count). The van der Waals surface area contributed by atoms with E-state index in [1.165, 1.54) is 6.07 Å². The molecule has 0 unspecified atom stereocenters. The van der Waals surface area contributed by atoms with Crippen LogP contribution < -0.4 is 5.32 Å². The Kier molecular flexibility index (Phi) is 5.48. The average molecular weight is 330 g/mol.